The Bertz CT molecular complexity index is 308. The fourth-order valence-electron chi connectivity index (χ4n) is 1.33. The molecule has 2 amide bonds. The van der Waals surface area contributed by atoms with E-state index in [-0.39, 0.29) is 16.9 Å². The van der Waals surface area contributed by atoms with E-state index in [4.69, 9.17) is 11.6 Å². The van der Waals surface area contributed by atoms with E-state index in [1.807, 2.05) is 6.08 Å². The summed E-state index contributed by atoms with van der Waals surface area (Å²) in [7, 11) is 3.48. The van der Waals surface area contributed by atoms with Crippen LogP contribution >= 0.6 is 11.6 Å². The second-order valence-electron chi connectivity index (χ2n) is 5.60. The lowest BCUT2D eigenvalue weighted by Crippen LogP contribution is -2.40. The van der Waals surface area contributed by atoms with Gasteiger partial charge in [0.2, 0.25) is 0 Å². The van der Waals surface area contributed by atoms with Crippen LogP contribution in [0.15, 0.2) is 17.3 Å². The summed E-state index contributed by atoms with van der Waals surface area (Å²) in [5, 5.41) is 0. The molecule has 0 radical (unpaired) electrons. The van der Waals surface area contributed by atoms with Gasteiger partial charge >= 0.3 is 6.03 Å². The summed E-state index contributed by atoms with van der Waals surface area (Å²) in [4.78, 5) is 18.9. The molecule has 1 unspecified atom stereocenters. The summed E-state index contributed by atoms with van der Waals surface area (Å²) in [5.74, 6) is 0. The average Bonchev–Trinajstić information content (AvgIpc) is 2.24. The van der Waals surface area contributed by atoms with Crippen LogP contribution < -0.4 is 0 Å². The number of carbonyl (C=O) groups excluding carboxylic acids is 1. The monoisotopic (exact) mass is 273 g/mol. The molecule has 0 spiro atoms. The highest BCUT2D eigenvalue weighted by Gasteiger charge is 2.20. The van der Waals surface area contributed by atoms with Gasteiger partial charge in [-0.15, -0.1) is 0 Å². The summed E-state index contributed by atoms with van der Waals surface area (Å²) >= 11 is 5.83. The molecule has 0 saturated heterocycles. The second kappa shape index (κ2) is 7.41. The first-order chi connectivity index (χ1) is 8.17. The molecule has 104 valence electrons. The summed E-state index contributed by atoms with van der Waals surface area (Å²) < 4.78 is 0. The second-order valence-corrected chi connectivity index (χ2v) is 6.11. The van der Waals surface area contributed by atoms with Crippen molar-refractivity contribution in [1.82, 2.24) is 9.80 Å². The molecule has 4 nitrogen and oxygen atoms in total. The van der Waals surface area contributed by atoms with E-state index >= 15 is 0 Å². The third-order valence-electron chi connectivity index (χ3n) is 2.09. The van der Waals surface area contributed by atoms with Crippen molar-refractivity contribution >= 4 is 24.3 Å². The molecular weight excluding hydrogens is 250 g/mol. The number of rotatable bonds is 5. The Morgan fingerprint density at radius 1 is 1.44 bits per heavy atom. The molecule has 18 heavy (non-hydrogen) atoms. The Hall–Kier alpha value is -1.03. The Morgan fingerprint density at radius 3 is 2.39 bits per heavy atom. The molecule has 0 aromatic heterocycles. The summed E-state index contributed by atoms with van der Waals surface area (Å²) in [5.41, 5.74) is -0.306. The highest BCUT2D eigenvalue weighted by atomic mass is 35.5. The fourth-order valence-corrected chi connectivity index (χ4v) is 1.43. The topological polar surface area (TPSA) is 35.9 Å². The van der Waals surface area contributed by atoms with Gasteiger partial charge in [0.1, 0.15) is 5.50 Å². The van der Waals surface area contributed by atoms with Crippen LogP contribution in [-0.2, 0) is 0 Å². The first kappa shape index (κ1) is 17.0. The zero-order chi connectivity index (χ0) is 14.3. The molecule has 1 atom stereocenters. The Labute approximate surface area is 115 Å². The van der Waals surface area contributed by atoms with E-state index in [2.05, 4.69) is 32.5 Å². The van der Waals surface area contributed by atoms with Crippen molar-refractivity contribution in [2.45, 2.75) is 32.7 Å². The number of carbonyl (C=O) groups is 1. The quantitative estimate of drug-likeness (QED) is 0.430. The number of amides is 2. The van der Waals surface area contributed by atoms with Crippen molar-refractivity contribution in [3.63, 3.8) is 0 Å². The molecule has 0 bridgehead atoms. The number of aliphatic imine (C=N–C) groups is 1. The van der Waals surface area contributed by atoms with Gasteiger partial charge in [0.25, 0.3) is 0 Å². The van der Waals surface area contributed by atoms with Gasteiger partial charge in [0, 0.05) is 33.3 Å². The van der Waals surface area contributed by atoms with Crippen LogP contribution in [0.5, 0.6) is 0 Å². The van der Waals surface area contributed by atoms with E-state index in [9.17, 15) is 4.79 Å². The lowest BCUT2D eigenvalue weighted by atomic mass is 9.96. The van der Waals surface area contributed by atoms with Gasteiger partial charge < -0.3 is 9.80 Å². The van der Waals surface area contributed by atoms with Gasteiger partial charge in [-0.25, -0.2) is 4.79 Å². The molecule has 5 heteroatoms. The maximum atomic E-state index is 12.0. The number of hydrogen-bond acceptors (Lipinski definition) is 2. The van der Waals surface area contributed by atoms with E-state index in [1.165, 1.54) is 0 Å². The van der Waals surface area contributed by atoms with E-state index in [0.29, 0.717) is 13.0 Å². The summed E-state index contributed by atoms with van der Waals surface area (Å²) in [6.45, 7) is 10.3. The molecule has 0 N–H and O–H groups in total. The zero-order valence-electron chi connectivity index (χ0n) is 12.0. The lowest BCUT2D eigenvalue weighted by molar-refractivity contribution is 0.172. The molecular formula is C13H24ClN3O. The van der Waals surface area contributed by atoms with Crippen molar-refractivity contribution in [1.29, 1.82) is 0 Å². The largest absolute Gasteiger partial charge is 0.330 e. The maximum absolute atomic E-state index is 12.0. The minimum atomic E-state index is -0.341. The van der Waals surface area contributed by atoms with Gasteiger partial charge in [-0.05, 0) is 12.1 Å². The Kier molecular flexibility index (Phi) is 6.99. The summed E-state index contributed by atoms with van der Waals surface area (Å²) in [6, 6.07) is -0.0427. The summed E-state index contributed by atoms with van der Waals surface area (Å²) in [6.07, 6.45) is 4.18. The van der Waals surface area contributed by atoms with Gasteiger partial charge in [-0.2, -0.15) is 0 Å². The molecule has 0 heterocycles. The molecule has 0 aliphatic rings. The van der Waals surface area contributed by atoms with E-state index in [0.717, 1.165) is 0 Å². The number of hydrogen-bond donors (Lipinski definition) is 0. The third kappa shape index (κ3) is 7.33. The number of nitrogens with zero attached hydrogens (tertiary/aromatic N) is 3. The molecule has 0 aliphatic heterocycles. The van der Waals surface area contributed by atoms with Crippen molar-refractivity contribution in [3.8, 4) is 0 Å². The van der Waals surface area contributed by atoms with Crippen LogP contribution in [0.1, 0.15) is 27.2 Å². The van der Waals surface area contributed by atoms with Crippen LogP contribution in [0.4, 0.5) is 4.79 Å². The average molecular weight is 274 g/mol. The van der Waals surface area contributed by atoms with Gasteiger partial charge in [-0.1, -0.05) is 38.4 Å². The van der Waals surface area contributed by atoms with Crippen LogP contribution in [0.3, 0.4) is 0 Å². The van der Waals surface area contributed by atoms with E-state index in [1.54, 1.807) is 30.1 Å². The molecule has 0 fully saturated rings. The Balaban J connectivity index is 4.67. The number of urea groups is 1. The van der Waals surface area contributed by atoms with Crippen molar-refractivity contribution in [2.24, 2.45) is 10.4 Å². The first-order valence-corrected chi connectivity index (χ1v) is 6.35. The van der Waals surface area contributed by atoms with Crippen LogP contribution in [0.25, 0.3) is 0 Å². The van der Waals surface area contributed by atoms with Crippen molar-refractivity contribution < 1.29 is 4.79 Å². The van der Waals surface area contributed by atoms with Crippen LogP contribution in [0, 0.1) is 5.41 Å². The highest BCUT2D eigenvalue weighted by Crippen LogP contribution is 2.16. The molecule has 0 rings (SSSR count). The van der Waals surface area contributed by atoms with Crippen molar-refractivity contribution in [2.75, 3.05) is 20.6 Å². The molecule has 0 aliphatic carbocycles. The number of halogens is 1. The minimum absolute atomic E-state index is 0.0348. The minimum Gasteiger partial charge on any atom is -0.330 e. The fraction of sp³-hybridized carbons (Fsp3) is 0.692. The Morgan fingerprint density at radius 2 is 2.00 bits per heavy atom. The van der Waals surface area contributed by atoms with E-state index < -0.39 is 0 Å². The van der Waals surface area contributed by atoms with Gasteiger partial charge in [0.05, 0.1) is 0 Å². The van der Waals surface area contributed by atoms with Crippen LogP contribution in [-0.4, -0.2) is 48.7 Å². The SMILES string of the molecule is C=NC(Cl)C/C=C/N(CC(C)(C)C)C(=O)N(C)C. The zero-order valence-corrected chi connectivity index (χ0v) is 12.7. The first-order valence-electron chi connectivity index (χ1n) is 5.92. The lowest BCUT2D eigenvalue weighted by Gasteiger charge is -2.29. The smallest absolute Gasteiger partial charge is 0.323 e. The number of alkyl halides is 1. The third-order valence-corrected chi connectivity index (χ3v) is 2.40. The standard InChI is InChI=1S/C13H24ClN3O/c1-13(2,3)10-17(12(18)16(5)6)9-7-8-11(14)15-4/h7,9,11H,4,8,10H2,1-3,5-6H3/b9-7+. The predicted octanol–water partition coefficient (Wildman–Crippen LogP) is 3.19. The predicted molar refractivity (Wildman–Crippen MR) is 78.2 cm³/mol. The molecule has 0 aromatic rings. The molecule has 0 saturated carbocycles. The highest BCUT2D eigenvalue weighted by molar-refractivity contribution is 6.20. The molecule has 0 aromatic carbocycles. The maximum Gasteiger partial charge on any atom is 0.323 e. The van der Waals surface area contributed by atoms with Crippen LogP contribution in [0.2, 0.25) is 0 Å². The van der Waals surface area contributed by atoms with Crippen molar-refractivity contribution in [3.05, 3.63) is 12.3 Å². The van der Waals surface area contributed by atoms with Gasteiger partial charge in [0.15, 0.2) is 0 Å². The van der Waals surface area contributed by atoms with Gasteiger partial charge in [-0.3, -0.25) is 4.99 Å². The normalized spacial score (nSPS) is 13.4.